The molecule has 0 spiro atoms. The molecule has 13 nitrogen and oxygen atoms in total. The number of carboxylic acids is 1. The number of primary amides is 1. The van der Waals surface area contributed by atoms with Gasteiger partial charge in [-0.15, -0.1) is 0 Å². The Morgan fingerprint density at radius 3 is 1.62 bits per heavy atom. The largest absolute Gasteiger partial charge is 0.480 e. The van der Waals surface area contributed by atoms with Crippen molar-refractivity contribution in [2.45, 2.75) is 84.6 Å². The normalized spacial score (nSPS) is 15.3. The van der Waals surface area contributed by atoms with Gasteiger partial charge in [0.15, 0.2) is 0 Å². The molecule has 0 aliphatic carbocycles. The molecule has 0 unspecified atom stereocenters. The zero-order valence-corrected chi connectivity index (χ0v) is 23.1. The molecule has 0 rings (SSSR count). The number of amides is 5. The Bertz CT molecular complexity index is 836. The van der Waals surface area contributed by atoms with Gasteiger partial charge in [0.1, 0.15) is 24.2 Å². The van der Waals surface area contributed by atoms with Crippen molar-refractivity contribution in [3.05, 3.63) is 0 Å². The van der Waals surface area contributed by atoms with Gasteiger partial charge < -0.3 is 37.8 Å². The van der Waals surface area contributed by atoms with Crippen molar-refractivity contribution >= 4 is 48.1 Å². The molecule has 0 aliphatic heterocycles. The molecule has 0 fully saturated rings. The summed E-state index contributed by atoms with van der Waals surface area (Å²) in [5.74, 6) is -5.92. The molecular weight excluding hydrogens is 504 g/mol. The first kappa shape index (κ1) is 34.1. The van der Waals surface area contributed by atoms with Crippen LogP contribution in [0.1, 0.15) is 54.4 Å². The van der Waals surface area contributed by atoms with E-state index in [-0.39, 0.29) is 24.0 Å². The lowest BCUT2D eigenvalue weighted by Gasteiger charge is -2.28. The highest BCUT2D eigenvalue weighted by Crippen LogP contribution is 2.09. The van der Waals surface area contributed by atoms with Crippen LogP contribution < -0.4 is 32.7 Å². The van der Waals surface area contributed by atoms with E-state index in [0.717, 1.165) is 0 Å². The molecule has 9 N–H and O–H groups in total. The number of carbonyl (C=O) groups is 6. The molecule has 0 aliphatic rings. The molecule has 0 aromatic heterocycles. The molecule has 37 heavy (non-hydrogen) atoms. The Morgan fingerprint density at radius 2 is 1.22 bits per heavy atom. The molecule has 0 bridgehead atoms. The van der Waals surface area contributed by atoms with Crippen molar-refractivity contribution in [1.82, 2.24) is 21.3 Å². The van der Waals surface area contributed by atoms with Crippen LogP contribution in [0.5, 0.6) is 0 Å². The Morgan fingerprint density at radius 1 is 0.730 bits per heavy atom. The van der Waals surface area contributed by atoms with Gasteiger partial charge in [-0.3, -0.25) is 24.0 Å². The lowest BCUT2D eigenvalue weighted by atomic mass is 9.99. The summed E-state index contributed by atoms with van der Waals surface area (Å²) in [5, 5.41) is 19.0. The fourth-order valence-corrected chi connectivity index (χ4v) is 3.44. The standard InChI is InChI=1S/C23H42N6O7S/c1-10(2)7-13(19(31)28-15(9-37)23(35)36)27-22(34)18(12(5)6)29-20(32)14(8-16(24)30)26-21(33)17(25)11(3)4/h10-15,17-18,37H,7-9,25H2,1-6H3,(H2,24,30)(H,26,33)(H,27,34)(H,28,31)(H,29,32)(H,35,36)/t13-,14-,15-,17-,18-/m0/s1. The van der Waals surface area contributed by atoms with Crippen LogP contribution in [0.15, 0.2) is 0 Å². The van der Waals surface area contributed by atoms with E-state index in [1.54, 1.807) is 27.7 Å². The lowest BCUT2D eigenvalue weighted by Crippen LogP contribution is -2.60. The second kappa shape index (κ2) is 16.1. The van der Waals surface area contributed by atoms with Gasteiger partial charge in [-0.1, -0.05) is 41.5 Å². The topological polar surface area (TPSA) is 223 Å². The van der Waals surface area contributed by atoms with Crippen molar-refractivity contribution in [3.63, 3.8) is 0 Å². The Balaban J connectivity index is 5.72. The maximum Gasteiger partial charge on any atom is 0.327 e. The van der Waals surface area contributed by atoms with E-state index in [0.29, 0.717) is 0 Å². The first-order chi connectivity index (χ1) is 17.0. The monoisotopic (exact) mass is 546 g/mol. The van der Waals surface area contributed by atoms with Gasteiger partial charge in [0.2, 0.25) is 29.5 Å². The number of thiol groups is 1. The second-order valence-corrected chi connectivity index (χ2v) is 10.4. The maximum atomic E-state index is 13.1. The van der Waals surface area contributed by atoms with Crippen LogP contribution in [0.25, 0.3) is 0 Å². The van der Waals surface area contributed by atoms with E-state index >= 15 is 0 Å². The minimum absolute atomic E-state index is 0.0391. The SMILES string of the molecule is CC(C)C[C@H](NC(=O)[C@@H](NC(=O)[C@H](CC(N)=O)NC(=O)[C@@H](N)C(C)C)C(C)C)C(=O)N[C@@H](CS)C(=O)O. The van der Waals surface area contributed by atoms with Crippen LogP contribution in [0.4, 0.5) is 0 Å². The Kier molecular flexibility index (Phi) is 14.8. The Labute approximate surface area is 223 Å². The van der Waals surface area contributed by atoms with Crippen molar-refractivity contribution in [3.8, 4) is 0 Å². The fourth-order valence-electron chi connectivity index (χ4n) is 3.19. The molecule has 0 saturated heterocycles. The van der Waals surface area contributed by atoms with Crippen LogP contribution in [0.2, 0.25) is 0 Å². The third-order valence-corrected chi connectivity index (χ3v) is 5.81. The van der Waals surface area contributed by atoms with Gasteiger partial charge in [-0.25, -0.2) is 4.79 Å². The molecule has 0 saturated carbocycles. The number of carbonyl (C=O) groups excluding carboxylic acids is 5. The summed E-state index contributed by atoms with van der Waals surface area (Å²) < 4.78 is 0. The van der Waals surface area contributed by atoms with Gasteiger partial charge in [0, 0.05) is 5.75 Å². The minimum Gasteiger partial charge on any atom is -0.480 e. The molecule has 0 heterocycles. The molecule has 0 aromatic carbocycles. The summed E-state index contributed by atoms with van der Waals surface area (Å²) in [6.07, 6.45) is -0.323. The van der Waals surface area contributed by atoms with Gasteiger partial charge >= 0.3 is 5.97 Å². The molecule has 14 heteroatoms. The molecule has 212 valence electrons. The third-order valence-electron chi connectivity index (χ3n) is 5.44. The first-order valence-electron chi connectivity index (χ1n) is 12.1. The summed E-state index contributed by atoms with van der Waals surface area (Å²) in [7, 11) is 0. The van der Waals surface area contributed by atoms with Crippen LogP contribution in [-0.4, -0.2) is 76.6 Å². The summed E-state index contributed by atoms with van der Waals surface area (Å²) in [6.45, 7) is 10.4. The summed E-state index contributed by atoms with van der Waals surface area (Å²) in [4.78, 5) is 74.0. The number of hydrogen-bond donors (Lipinski definition) is 8. The number of rotatable bonds is 16. The van der Waals surface area contributed by atoms with E-state index in [1.165, 1.54) is 0 Å². The number of carboxylic acid groups (broad SMARTS) is 1. The molecule has 5 atom stereocenters. The first-order valence-corrected chi connectivity index (χ1v) is 12.7. The van der Waals surface area contributed by atoms with Gasteiger partial charge in [-0.2, -0.15) is 12.6 Å². The van der Waals surface area contributed by atoms with Crippen LogP contribution in [0.3, 0.4) is 0 Å². The summed E-state index contributed by atoms with van der Waals surface area (Å²) in [5.41, 5.74) is 11.1. The quantitative estimate of drug-likeness (QED) is 0.106. The number of aliphatic carboxylic acids is 1. The Hall–Kier alpha value is -2.87. The minimum atomic E-state index is -1.37. The highest BCUT2D eigenvalue weighted by Gasteiger charge is 2.33. The zero-order chi connectivity index (χ0) is 29.0. The third kappa shape index (κ3) is 12.3. The van der Waals surface area contributed by atoms with Gasteiger partial charge in [0.05, 0.1) is 12.5 Å². The maximum absolute atomic E-state index is 13.1. The van der Waals surface area contributed by atoms with Crippen molar-refractivity contribution in [1.29, 1.82) is 0 Å². The van der Waals surface area contributed by atoms with Crippen LogP contribution in [-0.2, 0) is 28.8 Å². The number of hydrogen-bond acceptors (Lipinski definition) is 8. The van der Waals surface area contributed by atoms with Gasteiger partial charge in [-0.05, 0) is 24.2 Å². The van der Waals surface area contributed by atoms with E-state index in [2.05, 4.69) is 33.9 Å². The summed E-state index contributed by atoms with van der Waals surface area (Å²) in [6, 6.07) is -5.79. The average molecular weight is 547 g/mol. The van der Waals surface area contributed by atoms with Gasteiger partial charge in [0.25, 0.3) is 0 Å². The molecule has 5 amide bonds. The van der Waals surface area contributed by atoms with Crippen molar-refractivity contribution < 1.29 is 33.9 Å². The highest BCUT2D eigenvalue weighted by atomic mass is 32.1. The zero-order valence-electron chi connectivity index (χ0n) is 22.2. The predicted molar refractivity (Wildman–Crippen MR) is 140 cm³/mol. The van der Waals surface area contributed by atoms with Crippen molar-refractivity contribution in [2.75, 3.05) is 5.75 Å². The van der Waals surface area contributed by atoms with E-state index in [9.17, 15) is 33.9 Å². The number of nitrogens with two attached hydrogens (primary N) is 2. The van der Waals surface area contributed by atoms with Crippen LogP contribution >= 0.6 is 12.6 Å². The molecule has 0 radical (unpaired) electrons. The number of nitrogens with one attached hydrogen (secondary N) is 4. The summed E-state index contributed by atoms with van der Waals surface area (Å²) >= 11 is 3.92. The smallest absolute Gasteiger partial charge is 0.327 e. The van der Waals surface area contributed by atoms with E-state index in [1.807, 2.05) is 13.8 Å². The molecule has 0 aromatic rings. The average Bonchev–Trinajstić information content (AvgIpc) is 2.77. The second-order valence-electron chi connectivity index (χ2n) is 10.0. The van der Waals surface area contributed by atoms with E-state index < -0.39 is 78.1 Å². The lowest BCUT2D eigenvalue weighted by molar-refractivity contribution is -0.141. The fraction of sp³-hybridized carbons (Fsp3) is 0.739. The molecular formula is C23H42N6O7S. The van der Waals surface area contributed by atoms with E-state index in [4.69, 9.17) is 11.5 Å². The van der Waals surface area contributed by atoms with Crippen molar-refractivity contribution in [2.24, 2.45) is 29.2 Å². The highest BCUT2D eigenvalue weighted by molar-refractivity contribution is 7.80. The predicted octanol–water partition coefficient (Wildman–Crippen LogP) is -1.50. The van der Waals surface area contributed by atoms with Crippen LogP contribution in [0, 0.1) is 17.8 Å².